The van der Waals surface area contributed by atoms with Gasteiger partial charge >= 0.3 is 12.1 Å². The van der Waals surface area contributed by atoms with Gasteiger partial charge in [-0.15, -0.1) is 11.3 Å². The van der Waals surface area contributed by atoms with E-state index in [1.807, 2.05) is 30.3 Å². The Morgan fingerprint density at radius 2 is 2.00 bits per heavy atom. The molecule has 0 saturated heterocycles. The second-order valence-corrected chi connectivity index (χ2v) is 9.66. The third-order valence-corrected chi connectivity index (χ3v) is 7.47. The predicted octanol–water partition coefficient (Wildman–Crippen LogP) is 4.57. The zero-order valence-electron chi connectivity index (χ0n) is 17.2. The van der Waals surface area contributed by atoms with E-state index in [1.165, 1.54) is 29.1 Å². The zero-order chi connectivity index (χ0) is 23.0. The number of carbonyl (C=O) groups excluding carboxylic acids is 1. The molecular formula is C22H16N4O5S2. The quantitative estimate of drug-likeness (QED) is 0.398. The molecule has 4 aromatic rings. The highest BCUT2D eigenvalue weighted by molar-refractivity contribution is 7.38. The summed E-state index contributed by atoms with van der Waals surface area (Å²) in [6.07, 6.45) is 1.25. The van der Waals surface area contributed by atoms with Gasteiger partial charge in [0.05, 0.1) is 0 Å². The van der Waals surface area contributed by atoms with Crippen molar-refractivity contribution in [3.8, 4) is 11.8 Å². The molecular weight excluding hydrogens is 464 g/mol. The number of hydrogen-bond acceptors (Lipinski definition) is 9. The summed E-state index contributed by atoms with van der Waals surface area (Å²) in [5.74, 6) is 4.96. The largest absolute Gasteiger partial charge is 0.481 e. The number of ether oxygens (including phenoxy) is 1. The van der Waals surface area contributed by atoms with Gasteiger partial charge < -0.3 is 14.3 Å². The zero-order valence-corrected chi connectivity index (χ0v) is 18.8. The molecule has 3 heterocycles. The number of carbonyl (C=O) groups is 2. The Hall–Kier alpha value is -3.75. The molecule has 1 atom stereocenters. The van der Waals surface area contributed by atoms with Crippen LogP contribution < -0.4 is 5.32 Å². The molecule has 1 unspecified atom stereocenters. The van der Waals surface area contributed by atoms with Crippen molar-refractivity contribution >= 4 is 50.3 Å². The molecule has 0 bridgehead atoms. The Morgan fingerprint density at radius 3 is 2.70 bits per heavy atom. The van der Waals surface area contributed by atoms with Gasteiger partial charge in [0.1, 0.15) is 20.5 Å². The fourth-order valence-corrected chi connectivity index (χ4v) is 5.37. The van der Waals surface area contributed by atoms with E-state index in [4.69, 9.17) is 9.15 Å². The second kappa shape index (κ2) is 8.31. The monoisotopic (exact) mass is 480 g/mol. The molecule has 1 amide bonds. The van der Waals surface area contributed by atoms with Crippen molar-refractivity contribution in [1.82, 2.24) is 15.0 Å². The number of amides is 1. The molecule has 0 aliphatic heterocycles. The molecule has 1 fully saturated rings. The number of carboxylic acids is 1. The maximum Gasteiger partial charge on any atom is 0.414 e. The van der Waals surface area contributed by atoms with Crippen LogP contribution in [0.15, 0.2) is 41.1 Å². The lowest BCUT2D eigenvalue weighted by Gasteiger charge is -2.13. The van der Waals surface area contributed by atoms with Crippen molar-refractivity contribution in [3.05, 3.63) is 58.0 Å². The molecule has 5 rings (SSSR count). The minimum atomic E-state index is -0.842. The van der Waals surface area contributed by atoms with Crippen molar-refractivity contribution in [2.45, 2.75) is 31.3 Å². The van der Waals surface area contributed by atoms with Gasteiger partial charge in [0.15, 0.2) is 22.7 Å². The summed E-state index contributed by atoms with van der Waals surface area (Å²) >= 11 is 2.67. The normalized spacial score (nSPS) is 14.8. The number of benzene rings is 1. The molecule has 1 aliphatic carbocycles. The number of oxazole rings is 1. The van der Waals surface area contributed by atoms with Crippen LogP contribution in [0.2, 0.25) is 0 Å². The van der Waals surface area contributed by atoms with Crippen molar-refractivity contribution in [2.24, 2.45) is 0 Å². The van der Waals surface area contributed by atoms with E-state index in [0.717, 1.165) is 9.58 Å². The molecule has 0 spiro atoms. The van der Waals surface area contributed by atoms with Gasteiger partial charge in [-0.05, 0) is 37.2 Å². The highest BCUT2D eigenvalue weighted by Crippen LogP contribution is 2.51. The van der Waals surface area contributed by atoms with Crippen LogP contribution in [0.5, 0.6) is 0 Å². The van der Waals surface area contributed by atoms with Crippen molar-refractivity contribution < 1.29 is 23.8 Å². The molecule has 166 valence electrons. The summed E-state index contributed by atoms with van der Waals surface area (Å²) in [6.45, 7) is 1.77. The fourth-order valence-electron chi connectivity index (χ4n) is 3.16. The summed E-state index contributed by atoms with van der Waals surface area (Å²) in [7, 11) is 0. The third kappa shape index (κ3) is 4.18. The summed E-state index contributed by atoms with van der Waals surface area (Å²) in [4.78, 5) is 36.5. The number of carboxylic acid groups (broad SMARTS) is 1. The first-order valence-corrected chi connectivity index (χ1v) is 11.6. The number of nitrogens with one attached hydrogen (secondary N) is 1. The van der Waals surface area contributed by atoms with Crippen molar-refractivity contribution in [3.63, 3.8) is 0 Å². The average molecular weight is 481 g/mol. The third-order valence-electron chi connectivity index (χ3n) is 5.17. The Labute approximate surface area is 195 Å². The molecule has 2 N–H and O–H groups in total. The van der Waals surface area contributed by atoms with Crippen LogP contribution in [-0.4, -0.2) is 32.1 Å². The minimum Gasteiger partial charge on any atom is -0.481 e. The molecule has 1 saturated carbocycles. The number of aromatic nitrogens is 3. The fraction of sp³-hybridized carbons (Fsp3) is 0.227. The van der Waals surface area contributed by atoms with Crippen LogP contribution in [0.4, 0.5) is 10.7 Å². The smallest absolute Gasteiger partial charge is 0.414 e. The molecule has 3 aromatic heterocycles. The Morgan fingerprint density at radius 1 is 1.21 bits per heavy atom. The predicted molar refractivity (Wildman–Crippen MR) is 121 cm³/mol. The van der Waals surface area contributed by atoms with Gasteiger partial charge in [-0.3, -0.25) is 10.1 Å². The summed E-state index contributed by atoms with van der Waals surface area (Å²) in [5.41, 5.74) is 0.745. The van der Waals surface area contributed by atoms with Crippen LogP contribution in [0.1, 0.15) is 47.1 Å². The number of nitrogens with zero attached hydrogens (tertiary/aromatic N) is 3. The number of aliphatic carboxylic acids is 1. The van der Waals surface area contributed by atoms with E-state index in [0.29, 0.717) is 28.5 Å². The Bertz CT molecular complexity index is 1380. The average Bonchev–Trinajstić information content (AvgIpc) is 3.12. The van der Waals surface area contributed by atoms with Gasteiger partial charge in [-0.25, -0.2) is 19.7 Å². The van der Waals surface area contributed by atoms with Gasteiger partial charge in [0, 0.05) is 0 Å². The topological polar surface area (TPSA) is 127 Å². The van der Waals surface area contributed by atoms with Crippen LogP contribution in [0.3, 0.4) is 0 Å². The highest BCUT2D eigenvalue weighted by Gasteiger charge is 2.54. The standard InChI is InChI=1S/C22H16N4O5S2/c1-12(13-5-3-2-4-6-13)31-21(29)26-17-14(23-11-30-17)7-8-15-24-16-18(32-15)33-19(25-16)22(9-10-22)20(27)28/h2-6,11-12H,9-10H2,1H3,(H,26,29)(H,27,28). The molecule has 1 aliphatic rings. The molecule has 33 heavy (non-hydrogen) atoms. The first-order chi connectivity index (χ1) is 15.9. The lowest BCUT2D eigenvalue weighted by atomic mass is 10.1. The number of anilines is 1. The maximum atomic E-state index is 12.2. The van der Waals surface area contributed by atoms with E-state index in [-0.39, 0.29) is 11.6 Å². The van der Waals surface area contributed by atoms with E-state index in [1.54, 1.807) is 6.92 Å². The van der Waals surface area contributed by atoms with E-state index < -0.39 is 23.6 Å². The number of hydrogen-bond donors (Lipinski definition) is 2. The van der Waals surface area contributed by atoms with Gasteiger partial charge in [-0.1, -0.05) is 41.7 Å². The number of rotatable bonds is 5. The Balaban J connectivity index is 1.27. The first-order valence-electron chi connectivity index (χ1n) is 9.94. The molecule has 9 nitrogen and oxygen atoms in total. The van der Waals surface area contributed by atoms with Crippen molar-refractivity contribution in [2.75, 3.05) is 5.32 Å². The van der Waals surface area contributed by atoms with Crippen molar-refractivity contribution in [1.29, 1.82) is 0 Å². The molecule has 11 heteroatoms. The van der Waals surface area contributed by atoms with Gasteiger partial charge in [0.2, 0.25) is 5.88 Å². The van der Waals surface area contributed by atoms with E-state index >= 15 is 0 Å². The minimum absolute atomic E-state index is 0.0728. The summed E-state index contributed by atoms with van der Waals surface area (Å²) < 4.78 is 11.4. The lowest BCUT2D eigenvalue weighted by molar-refractivity contribution is -0.140. The van der Waals surface area contributed by atoms with Crippen LogP contribution in [0.25, 0.3) is 9.66 Å². The summed E-state index contributed by atoms with van der Waals surface area (Å²) in [5, 5.41) is 13.0. The van der Waals surface area contributed by atoms with Crippen LogP contribution >= 0.6 is 22.7 Å². The highest BCUT2D eigenvalue weighted by atomic mass is 32.2. The maximum absolute atomic E-state index is 12.2. The second-order valence-electron chi connectivity index (χ2n) is 7.40. The Kier molecular flexibility index (Phi) is 5.32. The number of thiazole rings is 2. The lowest BCUT2D eigenvalue weighted by Crippen LogP contribution is -2.18. The summed E-state index contributed by atoms with van der Waals surface area (Å²) in [6, 6.07) is 9.35. The first kappa shape index (κ1) is 21.1. The van der Waals surface area contributed by atoms with Crippen LogP contribution in [0, 0.1) is 11.8 Å². The van der Waals surface area contributed by atoms with E-state index in [2.05, 4.69) is 32.1 Å². The molecule has 0 radical (unpaired) electrons. The van der Waals surface area contributed by atoms with Gasteiger partial charge in [-0.2, -0.15) is 0 Å². The molecule has 1 aromatic carbocycles. The number of fused-ring (bicyclic) bond motifs is 1. The SMILES string of the molecule is CC(OC(=O)Nc1ocnc1C#Cc1nc2nc(C3(C(=O)O)CC3)sc2s1)c1ccccc1. The van der Waals surface area contributed by atoms with Crippen LogP contribution in [-0.2, 0) is 14.9 Å². The van der Waals surface area contributed by atoms with Gasteiger partial charge in [0.25, 0.3) is 0 Å². The van der Waals surface area contributed by atoms with E-state index in [9.17, 15) is 14.7 Å².